The Kier molecular flexibility index (Phi) is 34.9. The molecule has 20 rings (SSSR count). The maximum absolute atomic E-state index is 16.2. The van der Waals surface area contributed by atoms with Gasteiger partial charge >= 0.3 is 144 Å². The largest absolute Gasteiger partial charge is 1.00 e. The molecule has 12 saturated carbocycles. The smallest absolute Gasteiger partial charge is 1.00 e. The number of benzene rings is 3. The van der Waals surface area contributed by atoms with Gasteiger partial charge in [0.05, 0.1) is 85.5 Å². The van der Waals surface area contributed by atoms with Crippen LogP contribution in [0.5, 0.6) is 0 Å². The number of ketones is 1. The predicted molar refractivity (Wildman–Crippen MR) is 386 cm³/mol. The van der Waals surface area contributed by atoms with Crippen LogP contribution in [0.4, 0.5) is 39.5 Å². The van der Waals surface area contributed by atoms with E-state index in [-0.39, 0.29) is 264 Å². The van der Waals surface area contributed by atoms with Crippen LogP contribution >= 0.6 is 0 Å². The Morgan fingerprint density at radius 2 is 1.00 bits per heavy atom. The number of halogens is 9. The normalized spacial score (nSPS) is 29.8. The molecule has 6 aromatic rings. The van der Waals surface area contributed by atoms with Gasteiger partial charge in [0.25, 0.3) is 38.6 Å². The SMILES string of the molecule is C1CCOC1.CC(=O)O.CO.CS(=O)(=O)OC(c1c(F)cccc1-c1cnc[nH]1)C(F)(F)C(=O)C12CC3CC(C1)C(O)C(C3)C2.CS(=O)(=O)OC(c1c(F)cccc1-c1cnc[nH]1)C(F)(F)C(O)C12CC3CC(C1)C(O)C(C3)C2.O=CO[O-].OC1C2CC3CC1CC(C(O)C(F)(F)C1c4c(F)cccc4-c4cncn41)(C3)C2.[B].[H-].[H-].[K+].[K+].[Na+]. The molecule has 12 aliphatic carbocycles. The molecule has 14 aliphatic rings. The monoisotopic (exact) mass is 1740 g/mol. The Bertz CT molecular complexity index is 4510. The summed E-state index contributed by atoms with van der Waals surface area (Å²) in [6.45, 7) is 2.90. The third kappa shape index (κ3) is 20.9. The number of carboxylic acids is 1. The summed E-state index contributed by atoms with van der Waals surface area (Å²) < 4.78 is 206. The zero-order valence-corrected chi connectivity index (χ0v) is 75.0. The standard InChI is InChI=1S/C23H27F3N2O5S.C23H25F3N2O5S.C22H23F3N2O2.C4H8O.C2H4O2.CH2O3.CH4O.B.2K.Na.2H/c2*1-34(31,32)33-20(18-15(3-2-4-16(18)24)17-10-27-11-28-17)23(25,26)21(30)22-7-12-5-13(8-22)19(29)14(6-12)9-22;23-15-3-1-2-14-16-9-26-10-27(16)19(17(14)15)22(24,25)20(29)21-6-11-4-12(7-21)18(28)13(5-11)8-21;1-2-4-5-3-1;1-2(3)4;2-1-4-3;1-2;;;;;;/h2-4,10-14,19-21,29-30H,5-9H2,1H3,(H,27,28);2-4,10-14,19-20,29H,5-9H2,1H3,(H,27,28);1-3,9-13,18-20,28-29H,4-8H2;1-4H2;1H3,(H,3,4);1,3H;2H,1H3;;;;;;/q;;;;;;;;3*+1;2*-1/p-1. The number of ether oxygens (including phenoxy) is 1. The van der Waals surface area contributed by atoms with Crippen LogP contribution in [0.15, 0.2) is 92.2 Å². The number of nitrogens with one attached hydrogen (secondary N) is 2. The first-order chi connectivity index (χ1) is 52.8. The number of nitrogens with zero attached hydrogens (tertiary/aromatic N) is 4. The third-order valence-corrected chi connectivity index (χ3v) is 25.7. The van der Waals surface area contributed by atoms with Gasteiger partial charge < -0.3 is 68.0 Å². The summed E-state index contributed by atoms with van der Waals surface area (Å²) >= 11 is 0. The molecule has 11 unspecified atom stereocenters. The number of aromatic amines is 2. The van der Waals surface area contributed by atoms with Crippen molar-refractivity contribution in [3.8, 4) is 33.8 Å². The first-order valence-electron chi connectivity index (χ1n) is 36.9. The van der Waals surface area contributed by atoms with Crippen LogP contribution in [-0.4, -0.2) is 190 Å². The second-order valence-corrected chi connectivity index (χ2v) is 35.2. The van der Waals surface area contributed by atoms with Crippen molar-refractivity contribution < 1.29 is 265 Å². The van der Waals surface area contributed by atoms with Crippen LogP contribution < -0.4 is 138 Å². The molecule has 11 atom stereocenters. The number of hydrogen-bond donors (Lipinski definition) is 9. The fourth-order valence-electron chi connectivity index (χ4n) is 21.3. The number of carboxylic acid groups (broad SMARTS) is 1. The Morgan fingerprint density at radius 3 is 1.39 bits per heavy atom. The summed E-state index contributed by atoms with van der Waals surface area (Å²) in [5.74, 6) is -17.8. The van der Waals surface area contributed by atoms with Crippen LogP contribution in [0.2, 0.25) is 0 Å². The van der Waals surface area contributed by atoms with Gasteiger partial charge in [-0.1, -0.05) is 36.4 Å². The maximum atomic E-state index is 16.2. The number of aliphatic hydroxyl groups excluding tert-OH is 6. The van der Waals surface area contributed by atoms with Gasteiger partial charge in [-0.2, -0.15) is 25.6 Å². The number of aromatic nitrogens is 6. The van der Waals surface area contributed by atoms with Crippen molar-refractivity contribution in [1.82, 2.24) is 29.5 Å². The van der Waals surface area contributed by atoms with Gasteiger partial charge in [-0.25, -0.2) is 45.7 Å². The summed E-state index contributed by atoms with van der Waals surface area (Å²) in [6.07, 6.45) is 7.53. The summed E-state index contributed by atoms with van der Waals surface area (Å²) in [6, 6.07) is 9.82. The number of hydrogen-bond acceptors (Lipinski definition) is 21. The van der Waals surface area contributed by atoms with Crippen molar-refractivity contribution in [2.45, 2.75) is 183 Å². The van der Waals surface area contributed by atoms with E-state index in [0.717, 1.165) is 65.1 Å². The summed E-state index contributed by atoms with van der Waals surface area (Å²) in [4.78, 5) is 50.9. The number of carbonyl (C=O) groups excluding carboxylic acids is 2. The average molecular weight is 1740 g/mol. The molecule has 0 amide bonds. The second kappa shape index (κ2) is 40.4. The van der Waals surface area contributed by atoms with Crippen LogP contribution in [0.3, 0.4) is 0 Å². The quantitative estimate of drug-likeness (QED) is 0.0142. The van der Waals surface area contributed by atoms with Crippen molar-refractivity contribution >= 4 is 46.9 Å². The zero-order valence-electron chi connectivity index (χ0n) is 67.1. The van der Waals surface area contributed by atoms with Crippen molar-refractivity contribution in [2.24, 2.45) is 69.5 Å². The van der Waals surface area contributed by atoms with E-state index in [0.29, 0.717) is 62.3 Å². The molecule has 3 radical (unpaired) electrons. The molecule has 12 bridgehead atoms. The molecule has 13 fully saturated rings. The molecule has 0 spiro atoms. The van der Waals surface area contributed by atoms with Crippen molar-refractivity contribution in [3.63, 3.8) is 0 Å². The van der Waals surface area contributed by atoms with Crippen molar-refractivity contribution in [2.75, 3.05) is 32.8 Å². The number of rotatable bonds is 18. The number of aliphatic hydroxyl groups is 6. The van der Waals surface area contributed by atoms with E-state index < -0.39 is 143 Å². The van der Waals surface area contributed by atoms with Crippen LogP contribution in [-0.2, 0) is 52.6 Å². The van der Waals surface area contributed by atoms with Gasteiger partial charge in [0.2, 0.25) is 5.78 Å². The van der Waals surface area contributed by atoms with E-state index in [1.807, 2.05) is 0 Å². The first kappa shape index (κ1) is 100. The van der Waals surface area contributed by atoms with Gasteiger partial charge in [0, 0.05) is 85.3 Å². The molecule has 3 aromatic carbocycles. The number of alkyl halides is 6. The Balaban J connectivity index is 0.000000283. The van der Waals surface area contributed by atoms with Gasteiger partial charge in [-0.15, -0.1) is 0 Å². The predicted octanol–water partition coefficient (Wildman–Crippen LogP) is 0.604. The van der Waals surface area contributed by atoms with Gasteiger partial charge in [0.1, 0.15) is 35.7 Å². The number of aliphatic carboxylic acids is 1. The van der Waals surface area contributed by atoms with Crippen LogP contribution in [0.25, 0.3) is 33.8 Å². The third-order valence-electron chi connectivity index (χ3n) is 24.6. The minimum atomic E-state index is -4.52. The minimum Gasteiger partial charge on any atom is -1.00 e. The Morgan fingerprint density at radius 1 is 0.621 bits per heavy atom. The Hall–Kier alpha value is -2.89. The number of imidazole rings is 3. The molecule has 5 heterocycles. The van der Waals surface area contributed by atoms with Crippen LogP contribution in [0, 0.1) is 87.0 Å². The zero-order chi connectivity index (χ0) is 81.6. The number of carbonyl (C=O) groups is 3. The maximum Gasteiger partial charge on any atom is 1.00 e. The van der Waals surface area contributed by atoms with E-state index in [9.17, 15) is 51.6 Å². The summed E-state index contributed by atoms with van der Waals surface area (Å²) in [5.41, 5.74) is -3.94. The Labute approximate surface area is 777 Å². The molecule has 40 heteroatoms. The fourth-order valence-corrected chi connectivity index (χ4v) is 22.4. The molecule has 2 aliphatic heterocycles. The van der Waals surface area contributed by atoms with E-state index in [4.69, 9.17) is 38.2 Å². The van der Waals surface area contributed by atoms with Crippen LogP contribution in [0.1, 0.15) is 154 Å². The average Bonchev–Trinajstić information content (AvgIpc) is 1.39. The molecule has 9 N–H and O–H groups in total. The molecule has 3 aromatic heterocycles. The second-order valence-electron chi connectivity index (χ2n) is 32.0. The first-order valence-corrected chi connectivity index (χ1v) is 40.6. The molecular weight excluding hydrogens is 1650 g/mol. The topological polar surface area (TPSA) is 396 Å². The van der Waals surface area contributed by atoms with Gasteiger partial charge in [0.15, 0.2) is 12.2 Å². The van der Waals surface area contributed by atoms with Gasteiger partial charge in [-0.05, 0) is 181 Å². The van der Waals surface area contributed by atoms with E-state index in [1.165, 1.54) is 91.4 Å². The van der Waals surface area contributed by atoms with E-state index >= 15 is 35.1 Å². The van der Waals surface area contributed by atoms with Gasteiger partial charge in [-0.3, -0.25) is 22.7 Å². The molecule has 623 valence electrons. The minimum absolute atomic E-state index is 0. The number of H-pyrrole nitrogens is 2. The fraction of sp³-hybridized carbons (Fsp3) is 0.605. The molecule has 25 nitrogen and oxygen atoms in total. The molecule has 1 saturated heterocycles. The molecule has 116 heavy (non-hydrogen) atoms. The number of Topliss-reactive ketones (excluding diaryl/α,β-unsaturated/α-hetero) is 1. The summed E-state index contributed by atoms with van der Waals surface area (Å²) in [7, 11) is -8.00. The van der Waals surface area contributed by atoms with Crippen molar-refractivity contribution in [3.05, 3.63) is 126 Å². The van der Waals surface area contributed by atoms with E-state index in [2.05, 4.69) is 29.8 Å². The summed E-state index contributed by atoms with van der Waals surface area (Å²) in [5, 5.41) is 76.7. The van der Waals surface area contributed by atoms with E-state index in [1.54, 1.807) is 6.07 Å². The van der Waals surface area contributed by atoms with Crippen molar-refractivity contribution in [1.29, 1.82) is 0 Å². The number of fused-ring (bicyclic) bond motifs is 3. The molecular formula is C76H94BF9K2N6NaO19S2.